The van der Waals surface area contributed by atoms with E-state index in [1.165, 1.54) is 38.5 Å². The fourth-order valence-corrected chi connectivity index (χ4v) is 3.03. The lowest BCUT2D eigenvalue weighted by Crippen LogP contribution is -2.30. The molecular formula is C14H26N2O. The lowest BCUT2D eigenvalue weighted by Gasteiger charge is -2.21. The molecule has 98 valence electrons. The van der Waals surface area contributed by atoms with Crippen LogP contribution in [0, 0.1) is 11.8 Å². The quantitative estimate of drug-likeness (QED) is 0.770. The molecule has 1 saturated heterocycles. The Bertz CT molecular complexity index is 230. The Morgan fingerprint density at radius 3 is 2.65 bits per heavy atom. The van der Waals surface area contributed by atoms with Crippen LogP contribution in [0.15, 0.2) is 0 Å². The topological polar surface area (TPSA) is 41.1 Å². The Balaban J connectivity index is 1.53. The molecule has 3 heteroatoms. The number of hydrogen-bond donors (Lipinski definition) is 2. The summed E-state index contributed by atoms with van der Waals surface area (Å²) in [7, 11) is 0. The van der Waals surface area contributed by atoms with Gasteiger partial charge in [-0.2, -0.15) is 0 Å². The van der Waals surface area contributed by atoms with Crippen molar-refractivity contribution in [2.24, 2.45) is 11.8 Å². The molecule has 0 aromatic carbocycles. The first-order chi connectivity index (χ1) is 8.34. The van der Waals surface area contributed by atoms with Gasteiger partial charge in [-0.25, -0.2) is 0 Å². The van der Waals surface area contributed by atoms with Crippen molar-refractivity contribution in [3.8, 4) is 0 Å². The highest BCUT2D eigenvalue weighted by Crippen LogP contribution is 2.22. The van der Waals surface area contributed by atoms with E-state index in [0.29, 0.717) is 0 Å². The summed E-state index contributed by atoms with van der Waals surface area (Å²) in [5.41, 5.74) is 0. The molecule has 1 heterocycles. The molecule has 1 amide bonds. The highest BCUT2D eigenvalue weighted by molar-refractivity contribution is 5.75. The van der Waals surface area contributed by atoms with E-state index in [9.17, 15) is 4.79 Å². The van der Waals surface area contributed by atoms with Crippen LogP contribution in [0.25, 0.3) is 0 Å². The van der Waals surface area contributed by atoms with Gasteiger partial charge >= 0.3 is 0 Å². The molecule has 0 aromatic heterocycles. The summed E-state index contributed by atoms with van der Waals surface area (Å²) in [6.07, 6.45) is 9.75. The third-order valence-electron chi connectivity index (χ3n) is 4.25. The lowest BCUT2D eigenvalue weighted by atomic mass is 9.89. The molecule has 1 aliphatic carbocycles. The predicted octanol–water partition coefficient (Wildman–Crippen LogP) is 2.07. The van der Waals surface area contributed by atoms with Crippen molar-refractivity contribution >= 4 is 5.91 Å². The van der Waals surface area contributed by atoms with E-state index in [1.807, 2.05) is 0 Å². The number of carbonyl (C=O) groups is 1. The Labute approximate surface area is 105 Å². The van der Waals surface area contributed by atoms with Crippen molar-refractivity contribution in [2.75, 3.05) is 19.6 Å². The minimum absolute atomic E-state index is 0.266. The molecule has 2 rings (SSSR count). The van der Waals surface area contributed by atoms with Gasteiger partial charge in [-0.3, -0.25) is 4.79 Å². The highest BCUT2D eigenvalue weighted by atomic mass is 16.1. The van der Waals surface area contributed by atoms with E-state index in [0.717, 1.165) is 44.3 Å². The fraction of sp³-hybridized carbons (Fsp3) is 0.929. The molecule has 0 radical (unpaired) electrons. The van der Waals surface area contributed by atoms with Gasteiger partial charge in [0.05, 0.1) is 0 Å². The van der Waals surface area contributed by atoms with Gasteiger partial charge in [0, 0.05) is 13.0 Å². The van der Waals surface area contributed by atoms with Crippen LogP contribution in [0.4, 0.5) is 0 Å². The smallest absolute Gasteiger partial charge is 0.220 e. The molecule has 1 aliphatic heterocycles. The lowest BCUT2D eigenvalue weighted by molar-refractivity contribution is -0.121. The minimum atomic E-state index is 0.266. The van der Waals surface area contributed by atoms with Crippen LogP contribution in [-0.4, -0.2) is 25.5 Å². The van der Waals surface area contributed by atoms with Crippen LogP contribution < -0.4 is 10.6 Å². The summed E-state index contributed by atoms with van der Waals surface area (Å²) in [5.74, 6) is 1.75. The van der Waals surface area contributed by atoms with Crippen molar-refractivity contribution in [1.29, 1.82) is 0 Å². The Hall–Kier alpha value is -0.570. The molecule has 1 atom stereocenters. The number of hydrogen-bond acceptors (Lipinski definition) is 2. The molecule has 1 unspecified atom stereocenters. The first-order valence-corrected chi connectivity index (χ1v) is 7.32. The van der Waals surface area contributed by atoms with Crippen LogP contribution >= 0.6 is 0 Å². The van der Waals surface area contributed by atoms with Gasteiger partial charge in [0.1, 0.15) is 0 Å². The first-order valence-electron chi connectivity index (χ1n) is 7.32. The van der Waals surface area contributed by atoms with Gasteiger partial charge in [0.25, 0.3) is 0 Å². The molecule has 3 nitrogen and oxygen atoms in total. The largest absolute Gasteiger partial charge is 0.356 e. The van der Waals surface area contributed by atoms with Crippen molar-refractivity contribution < 1.29 is 4.79 Å². The van der Waals surface area contributed by atoms with E-state index in [-0.39, 0.29) is 5.91 Å². The molecule has 0 aromatic rings. The van der Waals surface area contributed by atoms with E-state index < -0.39 is 0 Å². The maximum absolute atomic E-state index is 11.7. The van der Waals surface area contributed by atoms with E-state index in [2.05, 4.69) is 10.6 Å². The van der Waals surface area contributed by atoms with Gasteiger partial charge in [-0.05, 0) is 50.6 Å². The summed E-state index contributed by atoms with van der Waals surface area (Å²) in [6.45, 7) is 3.16. The average Bonchev–Trinajstić information content (AvgIpc) is 2.88. The van der Waals surface area contributed by atoms with Gasteiger partial charge < -0.3 is 10.6 Å². The van der Waals surface area contributed by atoms with Crippen LogP contribution in [0.1, 0.15) is 51.4 Å². The van der Waals surface area contributed by atoms with Crippen LogP contribution in [0.2, 0.25) is 0 Å². The molecule has 0 bridgehead atoms. The molecule has 2 aliphatic rings. The molecule has 0 spiro atoms. The van der Waals surface area contributed by atoms with Gasteiger partial charge in [-0.1, -0.05) is 19.3 Å². The normalized spacial score (nSPS) is 26.0. The van der Waals surface area contributed by atoms with E-state index in [4.69, 9.17) is 0 Å². The second-order valence-electron chi connectivity index (χ2n) is 5.71. The summed E-state index contributed by atoms with van der Waals surface area (Å²) in [5, 5.41) is 6.47. The van der Waals surface area contributed by atoms with Crippen LogP contribution in [0.3, 0.4) is 0 Å². The zero-order chi connectivity index (χ0) is 11.9. The Kier molecular flexibility index (Phi) is 5.30. The third kappa shape index (κ3) is 4.66. The second-order valence-corrected chi connectivity index (χ2v) is 5.71. The molecule has 2 fully saturated rings. The maximum Gasteiger partial charge on any atom is 0.220 e. The van der Waals surface area contributed by atoms with Gasteiger partial charge in [0.15, 0.2) is 0 Å². The van der Waals surface area contributed by atoms with Crippen LogP contribution in [0.5, 0.6) is 0 Å². The maximum atomic E-state index is 11.7. The van der Waals surface area contributed by atoms with Crippen molar-refractivity contribution in [2.45, 2.75) is 51.4 Å². The molecule has 2 N–H and O–H groups in total. The second kappa shape index (κ2) is 7.00. The van der Waals surface area contributed by atoms with Crippen molar-refractivity contribution in [3.05, 3.63) is 0 Å². The standard InChI is InChI=1S/C14H26N2O/c17-14(7-6-13-8-9-15-10-13)16-11-12-4-2-1-3-5-12/h12-13,15H,1-11H2,(H,16,17). The fourth-order valence-electron chi connectivity index (χ4n) is 3.03. The van der Waals surface area contributed by atoms with Gasteiger partial charge in [0.2, 0.25) is 5.91 Å². The molecule has 17 heavy (non-hydrogen) atoms. The SMILES string of the molecule is O=C(CCC1CCNC1)NCC1CCCCC1. The van der Waals surface area contributed by atoms with E-state index in [1.54, 1.807) is 0 Å². The van der Waals surface area contributed by atoms with Crippen molar-refractivity contribution in [3.63, 3.8) is 0 Å². The van der Waals surface area contributed by atoms with Crippen LogP contribution in [-0.2, 0) is 4.79 Å². The number of rotatable bonds is 5. The van der Waals surface area contributed by atoms with Gasteiger partial charge in [-0.15, -0.1) is 0 Å². The average molecular weight is 238 g/mol. The zero-order valence-electron chi connectivity index (χ0n) is 10.8. The summed E-state index contributed by atoms with van der Waals surface area (Å²) in [4.78, 5) is 11.7. The summed E-state index contributed by atoms with van der Waals surface area (Å²) in [6, 6.07) is 0. The zero-order valence-corrected chi connectivity index (χ0v) is 10.8. The minimum Gasteiger partial charge on any atom is -0.356 e. The number of amides is 1. The first kappa shape index (κ1) is 12.9. The number of carbonyl (C=O) groups excluding carboxylic acids is 1. The monoisotopic (exact) mass is 238 g/mol. The van der Waals surface area contributed by atoms with Crippen molar-refractivity contribution in [1.82, 2.24) is 10.6 Å². The summed E-state index contributed by atoms with van der Waals surface area (Å²) < 4.78 is 0. The Morgan fingerprint density at radius 1 is 1.12 bits per heavy atom. The third-order valence-corrected chi connectivity index (χ3v) is 4.25. The molecular weight excluding hydrogens is 212 g/mol. The van der Waals surface area contributed by atoms with E-state index >= 15 is 0 Å². The Morgan fingerprint density at radius 2 is 1.94 bits per heavy atom. The summed E-state index contributed by atoms with van der Waals surface area (Å²) >= 11 is 0. The molecule has 1 saturated carbocycles. The number of nitrogens with one attached hydrogen (secondary N) is 2. The highest BCUT2D eigenvalue weighted by Gasteiger charge is 2.17. The predicted molar refractivity (Wildman–Crippen MR) is 69.8 cm³/mol.